The smallest absolute Gasteiger partial charge is 0.174 e. The number of nitrogens with one attached hydrogen (secondary N) is 1. The maximum atomic E-state index is 11.7. The summed E-state index contributed by atoms with van der Waals surface area (Å²) in [7, 11) is -2.95. The van der Waals surface area contributed by atoms with Crippen LogP contribution in [0.15, 0.2) is 24.3 Å². The molecule has 1 aromatic rings. The average Bonchev–Trinajstić information content (AvgIpc) is 2.70. The zero-order valence-electron chi connectivity index (χ0n) is 9.96. The molecule has 2 heterocycles. The molecule has 2 saturated heterocycles. The van der Waals surface area contributed by atoms with Crippen molar-refractivity contribution in [2.24, 2.45) is 0 Å². The fourth-order valence-electron chi connectivity index (χ4n) is 2.72. The van der Waals surface area contributed by atoms with Crippen LogP contribution >= 0.6 is 12.2 Å². The van der Waals surface area contributed by atoms with E-state index >= 15 is 0 Å². The lowest BCUT2D eigenvalue weighted by atomic mass is 10.1. The van der Waals surface area contributed by atoms with Crippen molar-refractivity contribution in [3.63, 3.8) is 0 Å². The summed E-state index contributed by atoms with van der Waals surface area (Å²) in [5, 5.41) is 3.76. The lowest BCUT2D eigenvalue weighted by Gasteiger charge is -2.24. The zero-order chi connectivity index (χ0) is 12.9. The quantitative estimate of drug-likeness (QED) is 0.774. The van der Waals surface area contributed by atoms with E-state index in [-0.39, 0.29) is 23.6 Å². The number of benzene rings is 1. The van der Waals surface area contributed by atoms with Gasteiger partial charge in [-0.25, -0.2) is 8.42 Å². The summed E-state index contributed by atoms with van der Waals surface area (Å²) in [6.07, 6.45) is 0. The number of anilines is 1. The monoisotopic (exact) mass is 282 g/mol. The molecule has 0 radical (unpaired) electrons. The molecule has 2 atom stereocenters. The van der Waals surface area contributed by atoms with Crippen molar-refractivity contribution in [3.8, 4) is 0 Å². The first-order valence-corrected chi connectivity index (χ1v) is 8.07. The molecule has 0 saturated carbocycles. The van der Waals surface area contributed by atoms with Crippen LogP contribution in [0.5, 0.6) is 0 Å². The Bertz CT molecular complexity index is 612. The Balaban J connectivity index is 2.02. The Morgan fingerprint density at radius 1 is 1.33 bits per heavy atom. The maximum Gasteiger partial charge on any atom is 0.174 e. The summed E-state index contributed by atoms with van der Waals surface area (Å²) in [5.74, 6) is 0.360. The topological polar surface area (TPSA) is 49.4 Å². The molecule has 3 rings (SSSR count). The Morgan fingerprint density at radius 3 is 2.78 bits per heavy atom. The second-order valence-corrected chi connectivity index (χ2v) is 7.40. The molecular weight excluding hydrogens is 268 g/mol. The summed E-state index contributed by atoms with van der Waals surface area (Å²) in [6.45, 7) is 2.01. The molecule has 18 heavy (non-hydrogen) atoms. The van der Waals surface area contributed by atoms with Gasteiger partial charge in [0.25, 0.3) is 0 Å². The third-order valence-electron chi connectivity index (χ3n) is 3.56. The molecule has 2 aliphatic rings. The predicted molar refractivity (Wildman–Crippen MR) is 75.6 cm³/mol. The van der Waals surface area contributed by atoms with Gasteiger partial charge >= 0.3 is 0 Å². The summed E-state index contributed by atoms with van der Waals surface area (Å²) < 4.78 is 23.4. The van der Waals surface area contributed by atoms with E-state index in [1.165, 1.54) is 0 Å². The van der Waals surface area contributed by atoms with Gasteiger partial charge in [0.1, 0.15) is 0 Å². The number of fused-ring (bicyclic) bond motifs is 1. The van der Waals surface area contributed by atoms with Gasteiger partial charge in [-0.3, -0.25) is 0 Å². The number of hydrogen-bond donors (Lipinski definition) is 1. The first kappa shape index (κ1) is 11.9. The van der Waals surface area contributed by atoms with E-state index in [0.717, 1.165) is 11.3 Å². The number of para-hydroxylation sites is 1. The van der Waals surface area contributed by atoms with Crippen molar-refractivity contribution in [1.29, 1.82) is 0 Å². The highest BCUT2D eigenvalue weighted by atomic mass is 32.2. The largest absolute Gasteiger partial charge is 0.356 e. The second-order valence-electron chi connectivity index (χ2n) is 4.86. The number of nitrogens with zero attached hydrogens (tertiary/aromatic N) is 1. The molecule has 2 fully saturated rings. The second kappa shape index (κ2) is 3.93. The standard InChI is InChI=1S/C12H14N2O2S2/c1-8-4-2-3-5-10(8)14-11-7-18(15,16)6-9(11)13-12(14)17/h2-5,9,11H,6-7H2,1H3,(H,13,17)/t9-,11-/m0/s1. The Morgan fingerprint density at radius 2 is 2.06 bits per heavy atom. The van der Waals surface area contributed by atoms with Crippen molar-refractivity contribution in [2.75, 3.05) is 16.4 Å². The summed E-state index contributed by atoms with van der Waals surface area (Å²) in [6, 6.07) is 7.77. The van der Waals surface area contributed by atoms with Gasteiger partial charge in [0.05, 0.1) is 23.6 Å². The third kappa shape index (κ3) is 1.80. The molecule has 1 aromatic carbocycles. The fraction of sp³-hybridized carbons (Fsp3) is 0.417. The molecule has 0 bridgehead atoms. The molecular formula is C12H14N2O2S2. The Kier molecular flexibility index (Phi) is 2.60. The lowest BCUT2D eigenvalue weighted by Crippen LogP contribution is -2.37. The molecule has 96 valence electrons. The highest BCUT2D eigenvalue weighted by Crippen LogP contribution is 2.31. The van der Waals surface area contributed by atoms with Crippen molar-refractivity contribution in [2.45, 2.75) is 19.0 Å². The van der Waals surface area contributed by atoms with Crippen LogP contribution < -0.4 is 10.2 Å². The minimum absolute atomic E-state index is 0.0661. The molecule has 2 aliphatic heterocycles. The molecule has 0 aliphatic carbocycles. The minimum Gasteiger partial charge on any atom is -0.356 e. The number of sulfone groups is 1. The fourth-order valence-corrected chi connectivity index (χ4v) is 5.00. The van der Waals surface area contributed by atoms with Crippen LogP contribution in [0.1, 0.15) is 5.56 Å². The molecule has 4 nitrogen and oxygen atoms in total. The first-order valence-electron chi connectivity index (χ1n) is 5.84. The van der Waals surface area contributed by atoms with Crippen LogP contribution in [-0.2, 0) is 9.84 Å². The van der Waals surface area contributed by atoms with E-state index in [4.69, 9.17) is 12.2 Å². The molecule has 6 heteroatoms. The molecule has 0 amide bonds. The van der Waals surface area contributed by atoms with E-state index in [0.29, 0.717) is 5.11 Å². The summed E-state index contributed by atoms with van der Waals surface area (Å²) in [4.78, 5) is 1.96. The predicted octanol–water partition coefficient (Wildman–Crippen LogP) is 0.855. The highest BCUT2D eigenvalue weighted by molar-refractivity contribution is 7.91. The average molecular weight is 282 g/mol. The van der Waals surface area contributed by atoms with Crippen LogP contribution in [0.3, 0.4) is 0 Å². The maximum absolute atomic E-state index is 11.7. The normalized spacial score (nSPS) is 29.2. The van der Waals surface area contributed by atoms with Crippen LogP contribution in [0.2, 0.25) is 0 Å². The Hall–Kier alpha value is -1.14. The van der Waals surface area contributed by atoms with Gasteiger partial charge in [-0.05, 0) is 30.8 Å². The van der Waals surface area contributed by atoms with Crippen molar-refractivity contribution >= 4 is 32.9 Å². The van der Waals surface area contributed by atoms with Crippen LogP contribution in [0, 0.1) is 6.92 Å². The van der Waals surface area contributed by atoms with E-state index in [1.807, 2.05) is 36.1 Å². The lowest BCUT2D eigenvalue weighted by molar-refractivity contribution is 0.600. The van der Waals surface area contributed by atoms with E-state index < -0.39 is 9.84 Å². The van der Waals surface area contributed by atoms with Gasteiger partial charge in [-0.2, -0.15) is 0 Å². The number of thiocarbonyl (C=S) groups is 1. The van der Waals surface area contributed by atoms with E-state index in [2.05, 4.69) is 5.32 Å². The summed E-state index contributed by atoms with van der Waals surface area (Å²) >= 11 is 5.33. The molecule has 1 N–H and O–H groups in total. The van der Waals surface area contributed by atoms with Crippen molar-refractivity contribution in [3.05, 3.63) is 29.8 Å². The van der Waals surface area contributed by atoms with Gasteiger partial charge in [0, 0.05) is 5.69 Å². The van der Waals surface area contributed by atoms with Gasteiger partial charge in [0.15, 0.2) is 14.9 Å². The van der Waals surface area contributed by atoms with E-state index in [9.17, 15) is 8.42 Å². The number of rotatable bonds is 1. The van der Waals surface area contributed by atoms with Crippen molar-refractivity contribution in [1.82, 2.24) is 5.32 Å². The van der Waals surface area contributed by atoms with Gasteiger partial charge < -0.3 is 10.2 Å². The minimum atomic E-state index is -2.95. The van der Waals surface area contributed by atoms with Crippen LogP contribution in [0.25, 0.3) is 0 Å². The summed E-state index contributed by atoms with van der Waals surface area (Å²) in [5.41, 5.74) is 2.10. The number of aryl methyl sites for hydroxylation is 1. The zero-order valence-corrected chi connectivity index (χ0v) is 11.6. The molecule has 0 aromatic heterocycles. The Labute approximate surface area is 112 Å². The van der Waals surface area contributed by atoms with Gasteiger partial charge in [-0.1, -0.05) is 18.2 Å². The van der Waals surface area contributed by atoms with E-state index in [1.54, 1.807) is 0 Å². The highest BCUT2D eigenvalue weighted by Gasteiger charge is 2.47. The van der Waals surface area contributed by atoms with Crippen molar-refractivity contribution < 1.29 is 8.42 Å². The van der Waals surface area contributed by atoms with Gasteiger partial charge in [0.2, 0.25) is 0 Å². The van der Waals surface area contributed by atoms with Crippen LogP contribution in [0.4, 0.5) is 5.69 Å². The number of hydrogen-bond acceptors (Lipinski definition) is 3. The van der Waals surface area contributed by atoms with Gasteiger partial charge in [-0.15, -0.1) is 0 Å². The van der Waals surface area contributed by atoms with Crippen LogP contribution in [-0.4, -0.2) is 37.1 Å². The SMILES string of the molecule is Cc1ccccc1N1C(=S)N[C@H]2CS(=O)(=O)C[C@@H]21. The molecule has 0 unspecified atom stereocenters. The first-order chi connectivity index (χ1) is 8.48. The third-order valence-corrected chi connectivity index (χ3v) is 5.59. The molecule has 0 spiro atoms.